The quantitative estimate of drug-likeness (QED) is 0.391. The van der Waals surface area contributed by atoms with Crippen molar-refractivity contribution in [2.45, 2.75) is 71.3 Å². The van der Waals surface area contributed by atoms with Crippen LogP contribution >= 0.6 is 0 Å². The van der Waals surface area contributed by atoms with Crippen LogP contribution in [0.3, 0.4) is 0 Å². The van der Waals surface area contributed by atoms with E-state index in [9.17, 15) is 5.11 Å². The van der Waals surface area contributed by atoms with Crippen molar-refractivity contribution in [1.29, 1.82) is 0 Å². The molecule has 0 spiro atoms. The molecule has 1 atom stereocenters. The predicted octanol–water partition coefficient (Wildman–Crippen LogP) is 2.62. The van der Waals surface area contributed by atoms with Crippen LogP contribution in [0.25, 0.3) is 0 Å². The van der Waals surface area contributed by atoms with Crippen LogP contribution in [0.1, 0.15) is 65.7 Å². The first-order chi connectivity index (χ1) is 13.6. The monoisotopic (exact) mass is 396 g/mol. The number of hydrogen-bond donors (Lipinski definition) is 3. The van der Waals surface area contributed by atoms with E-state index in [4.69, 9.17) is 9.73 Å². The summed E-state index contributed by atoms with van der Waals surface area (Å²) in [6.07, 6.45) is 8.44. The molecule has 0 aromatic carbocycles. The fourth-order valence-electron chi connectivity index (χ4n) is 4.78. The maximum atomic E-state index is 9.38. The van der Waals surface area contributed by atoms with E-state index in [-0.39, 0.29) is 12.1 Å². The molecular weight excluding hydrogens is 352 g/mol. The molecule has 0 radical (unpaired) electrons. The zero-order valence-corrected chi connectivity index (χ0v) is 18.5. The van der Waals surface area contributed by atoms with Gasteiger partial charge in [0.2, 0.25) is 0 Å². The van der Waals surface area contributed by atoms with E-state index in [1.165, 1.54) is 32.1 Å². The second kappa shape index (κ2) is 12.7. The van der Waals surface area contributed by atoms with Crippen LogP contribution in [0.15, 0.2) is 4.99 Å². The normalized spacial score (nSPS) is 22.2. The Labute approximate surface area is 172 Å². The molecule has 0 aromatic heterocycles. The van der Waals surface area contributed by atoms with Gasteiger partial charge in [-0.1, -0.05) is 33.1 Å². The third-order valence-corrected chi connectivity index (χ3v) is 6.24. The minimum absolute atomic E-state index is 0.201. The summed E-state index contributed by atoms with van der Waals surface area (Å²) in [5.74, 6) is 2.05. The Morgan fingerprint density at radius 1 is 1.14 bits per heavy atom. The first-order valence-electron chi connectivity index (χ1n) is 11.6. The van der Waals surface area contributed by atoms with Gasteiger partial charge in [-0.05, 0) is 44.4 Å². The highest BCUT2D eigenvalue weighted by Crippen LogP contribution is 2.34. The van der Waals surface area contributed by atoms with Crippen LogP contribution in [0.2, 0.25) is 0 Å². The first kappa shape index (κ1) is 23.4. The Bertz CT molecular complexity index is 444. The van der Waals surface area contributed by atoms with Crippen molar-refractivity contribution in [2.24, 2.45) is 16.8 Å². The summed E-state index contributed by atoms with van der Waals surface area (Å²) >= 11 is 0. The molecular formula is C22H44N4O2. The molecule has 2 rings (SSSR count). The van der Waals surface area contributed by atoms with E-state index in [2.05, 4.69) is 36.3 Å². The van der Waals surface area contributed by atoms with Gasteiger partial charge in [0.25, 0.3) is 0 Å². The SMILES string of the molecule is CCNC(=NCC1(N2CCOCC2)CCCCC1)NCC(CCO)CC(C)C. The summed E-state index contributed by atoms with van der Waals surface area (Å²) in [5.41, 5.74) is 0.201. The van der Waals surface area contributed by atoms with Gasteiger partial charge < -0.3 is 20.5 Å². The Hall–Kier alpha value is -0.850. The molecule has 2 aliphatic rings. The van der Waals surface area contributed by atoms with Gasteiger partial charge in [-0.15, -0.1) is 0 Å². The third-order valence-electron chi connectivity index (χ3n) is 6.24. The number of hydrogen-bond acceptors (Lipinski definition) is 4. The van der Waals surface area contributed by atoms with Gasteiger partial charge in [-0.2, -0.15) is 0 Å². The van der Waals surface area contributed by atoms with Crippen LogP contribution in [0.5, 0.6) is 0 Å². The summed E-state index contributed by atoms with van der Waals surface area (Å²) in [7, 11) is 0. The first-order valence-corrected chi connectivity index (χ1v) is 11.6. The lowest BCUT2D eigenvalue weighted by atomic mass is 9.80. The Morgan fingerprint density at radius 2 is 1.86 bits per heavy atom. The van der Waals surface area contributed by atoms with Crippen LogP contribution in [-0.4, -0.2) is 74.0 Å². The van der Waals surface area contributed by atoms with Gasteiger partial charge in [0.15, 0.2) is 5.96 Å². The highest BCUT2D eigenvalue weighted by atomic mass is 16.5. The van der Waals surface area contributed by atoms with Crippen molar-refractivity contribution in [3.63, 3.8) is 0 Å². The molecule has 3 N–H and O–H groups in total. The number of nitrogens with one attached hydrogen (secondary N) is 2. The number of ether oxygens (including phenoxy) is 1. The smallest absolute Gasteiger partial charge is 0.191 e. The lowest BCUT2D eigenvalue weighted by Gasteiger charge is -2.47. The molecule has 1 unspecified atom stereocenters. The van der Waals surface area contributed by atoms with Crippen LogP contribution < -0.4 is 10.6 Å². The maximum absolute atomic E-state index is 9.38. The molecule has 1 saturated heterocycles. The largest absolute Gasteiger partial charge is 0.396 e. The van der Waals surface area contributed by atoms with Crippen LogP contribution in [0, 0.1) is 11.8 Å². The van der Waals surface area contributed by atoms with E-state index in [1.54, 1.807) is 0 Å². The average Bonchev–Trinajstić information content (AvgIpc) is 2.71. The number of aliphatic hydroxyl groups is 1. The van der Waals surface area contributed by atoms with E-state index < -0.39 is 0 Å². The lowest BCUT2D eigenvalue weighted by Crippen LogP contribution is -2.56. The summed E-state index contributed by atoms with van der Waals surface area (Å²) in [4.78, 5) is 7.69. The van der Waals surface area contributed by atoms with Crippen molar-refractivity contribution >= 4 is 5.96 Å². The minimum Gasteiger partial charge on any atom is -0.396 e. The molecule has 164 valence electrons. The number of guanidine groups is 1. The molecule has 28 heavy (non-hydrogen) atoms. The number of aliphatic imine (C=N–C) groups is 1. The van der Waals surface area contributed by atoms with E-state index in [1.807, 2.05) is 0 Å². The summed E-state index contributed by atoms with van der Waals surface area (Å²) in [5, 5.41) is 16.4. The fourth-order valence-corrected chi connectivity index (χ4v) is 4.78. The standard InChI is InChI=1S/C22H44N4O2/c1-4-23-21(24-17-20(8-13-27)16-19(2)3)25-18-22(9-6-5-7-10-22)26-11-14-28-15-12-26/h19-20,27H,4-18H2,1-3H3,(H2,23,24,25). The molecule has 1 aliphatic carbocycles. The fraction of sp³-hybridized carbons (Fsp3) is 0.955. The number of rotatable bonds is 10. The second-order valence-corrected chi connectivity index (χ2v) is 8.97. The molecule has 1 saturated carbocycles. The van der Waals surface area contributed by atoms with Crippen molar-refractivity contribution in [3.8, 4) is 0 Å². The molecule has 1 aliphatic heterocycles. The highest BCUT2D eigenvalue weighted by Gasteiger charge is 2.38. The lowest BCUT2D eigenvalue weighted by molar-refractivity contribution is -0.0333. The van der Waals surface area contributed by atoms with Crippen molar-refractivity contribution < 1.29 is 9.84 Å². The van der Waals surface area contributed by atoms with Gasteiger partial charge in [0.1, 0.15) is 0 Å². The Morgan fingerprint density at radius 3 is 2.46 bits per heavy atom. The van der Waals surface area contributed by atoms with Crippen molar-refractivity contribution in [3.05, 3.63) is 0 Å². The van der Waals surface area contributed by atoms with Gasteiger partial charge in [-0.3, -0.25) is 9.89 Å². The zero-order chi connectivity index (χ0) is 20.2. The van der Waals surface area contributed by atoms with E-state index >= 15 is 0 Å². The van der Waals surface area contributed by atoms with Gasteiger partial charge >= 0.3 is 0 Å². The molecule has 6 nitrogen and oxygen atoms in total. The molecule has 0 amide bonds. The molecule has 0 aromatic rings. The molecule has 0 bridgehead atoms. The second-order valence-electron chi connectivity index (χ2n) is 8.97. The molecule has 2 fully saturated rings. The van der Waals surface area contributed by atoms with Gasteiger partial charge in [-0.25, -0.2) is 0 Å². The minimum atomic E-state index is 0.201. The van der Waals surface area contributed by atoms with E-state index in [0.29, 0.717) is 11.8 Å². The number of morpholine rings is 1. The summed E-state index contributed by atoms with van der Waals surface area (Å²) < 4.78 is 5.60. The van der Waals surface area contributed by atoms with E-state index in [0.717, 1.165) is 64.7 Å². The molecule has 6 heteroatoms. The molecule has 1 heterocycles. The van der Waals surface area contributed by atoms with Gasteiger partial charge in [0, 0.05) is 38.3 Å². The van der Waals surface area contributed by atoms with Crippen molar-refractivity contribution in [2.75, 3.05) is 52.5 Å². The predicted molar refractivity (Wildman–Crippen MR) is 117 cm³/mol. The third kappa shape index (κ3) is 7.53. The highest BCUT2D eigenvalue weighted by molar-refractivity contribution is 5.79. The summed E-state index contributed by atoms with van der Waals surface area (Å²) in [6.45, 7) is 13.2. The number of nitrogens with zero attached hydrogens (tertiary/aromatic N) is 2. The zero-order valence-electron chi connectivity index (χ0n) is 18.5. The van der Waals surface area contributed by atoms with Crippen molar-refractivity contribution in [1.82, 2.24) is 15.5 Å². The maximum Gasteiger partial charge on any atom is 0.191 e. The van der Waals surface area contributed by atoms with Gasteiger partial charge in [0.05, 0.1) is 19.8 Å². The van der Waals surface area contributed by atoms with Crippen LogP contribution in [-0.2, 0) is 4.74 Å². The number of aliphatic hydroxyl groups excluding tert-OH is 1. The topological polar surface area (TPSA) is 69.1 Å². The summed E-state index contributed by atoms with van der Waals surface area (Å²) in [6, 6.07) is 0. The van der Waals surface area contributed by atoms with Crippen LogP contribution in [0.4, 0.5) is 0 Å². The average molecular weight is 397 g/mol. The Kier molecular flexibility index (Phi) is 10.6. The Balaban J connectivity index is 2.01.